The molecule has 0 aliphatic rings. The SMILES string of the molecule is OCCC=Cc1cccc2ccncc12. The number of aliphatic hydroxyl groups is 1. The summed E-state index contributed by atoms with van der Waals surface area (Å²) in [7, 11) is 0. The van der Waals surface area contributed by atoms with Gasteiger partial charge in [0.25, 0.3) is 0 Å². The lowest BCUT2D eigenvalue weighted by Crippen LogP contribution is -1.80. The van der Waals surface area contributed by atoms with Gasteiger partial charge in [0.2, 0.25) is 0 Å². The normalized spacial score (nSPS) is 11.3. The third-order valence-corrected chi connectivity index (χ3v) is 2.31. The quantitative estimate of drug-likeness (QED) is 0.824. The van der Waals surface area contributed by atoms with Crippen LogP contribution in [0.3, 0.4) is 0 Å². The summed E-state index contributed by atoms with van der Waals surface area (Å²) in [5, 5.41) is 11.0. The maximum Gasteiger partial charge on any atom is 0.0465 e. The lowest BCUT2D eigenvalue weighted by Gasteiger charge is -2.00. The average Bonchev–Trinajstić information content (AvgIpc) is 2.30. The number of fused-ring (bicyclic) bond motifs is 1. The maximum atomic E-state index is 8.69. The summed E-state index contributed by atoms with van der Waals surface area (Å²) >= 11 is 0. The largest absolute Gasteiger partial charge is 0.396 e. The summed E-state index contributed by atoms with van der Waals surface area (Å²) in [5.74, 6) is 0. The van der Waals surface area contributed by atoms with Gasteiger partial charge in [0.15, 0.2) is 0 Å². The Kier molecular flexibility index (Phi) is 3.10. The molecule has 1 aromatic heterocycles. The first-order chi connectivity index (χ1) is 7.42. The third kappa shape index (κ3) is 2.22. The summed E-state index contributed by atoms with van der Waals surface area (Å²) < 4.78 is 0. The maximum absolute atomic E-state index is 8.69. The molecule has 0 saturated heterocycles. The topological polar surface area (TPSA) is 33.1 Å². The molecule has 2 nitrogen and oxygen atoms in total. The van der Waals surface area contributed by atoms with Gasteiger partial charge in [0.05, 0.1) is 0 Å². The fourth-order valence-electron chi connectivity index (χ4n) is 1.57. The molecular formula is C13H13NO. The van der Waals surface area contributed by atoms with E-state index in [2.05, 4.69) is 17.1 Å². The lowest BCUT2D eigenvalue weighted by atomic mass is 10.1. The Balaban J connectivity index is 2.42. The van der Waals surface area contributed by atoms with Crippen molar-refractivity contribution in [1.82, 2.24) is 4.98 Å². The molecule has 15 heavy (non-hydrogen) atoms. The first-order valence-electron chi connectivity index (χ1n) is 5.02. The van der Waals surface area contributed by atoms with E-state index in [0.29, 0.717) is 6.42 Å². The fourth-order valence-corrected chi connectivity index (χ4v) is 1.57. The predicted octanol–water partition coefficient (Wildman–Crippen LogP) is 2.63. The second-order valence-electron chi connectivity index (χ2n) is 3.36. The summed E-state index contributed by atoms with van der Waals surface area (Å²) in [4.78, 5) is 4.12. The van der Waals surface area contributed by atoms with Crippen molar-refractivity contribution in [2.24, 2.45) is 0 Å². The smallest absolute Gasteiger partial charge is 0.0465 e. The zero-order valence-electron chi connectivity index (χ0n) is 8.43. The highest BCUT2D eigenvalue weighted by Crippen LogP contribution is 2.18. The standard InChI is InChI=1S/C13H13NO/c15-9-2-1-4-11-5-3-6-12-7-8-14-10-13(11)12/h1,3-8,10,15H,2,9H2. The number of pyridine rings is 1. The van der Waals surface area contributed by atoms with Crippen LogP contribution in [0.2, 0.25) is 0 Å². The fraction of sp³-hybridized carbons (Fsp3) is 0.154. The molecule has 0 aliphatic carbocycles. The molecule has 2 rings (SSSR count). The average molecular weight is 199 g/mol. The predicted molar refractivity (Wildman–Crippen MR) is 62.5 cm³/mol. The zero-order valence-corrected chi connectivity index (χ0v) is 8.43. The van der Waals surface area contributed by atoms with Crippen LogP contribution < -0.4 is 0 Å². The van der Waals surface area contributed by atoms with E-state index in [9.17, 15) is 0 Å². The molecule has 0 fully saturated rings. The molecule has 0 unspecified atom stereocenters. The molecule has 0 aliphatic heterocycles. The van der Waals surface area contributed by atoms with Gasteiger partial charge in [-0.3, -0.25) is 4.98 Å². The molecule has 0 atom stereocenters. The number of hydrogen-bond donors (Lipinski definition) is 1. The Hall–Kier alpha value is -1.67. The molecule has 1 heterocycles. The van der Waals surface area contributed by atoms with Gasteiger partial charge in [-0.05, 0) is 23.4 Å². The van der Waals surface area contributed by atoms with Gasteiger partial charge in [-0.25, -0.2) is 0 Å². The van der Waals surface area contributed by atoms with Crippen LogP contribution in [0.15, 0.2) is 42.7 Å². The second-order valence-corrected chi connectivity index (χ2v) is 3.36. The molecule has 0 radical (unpaired) electrons. The minimum Gasteiger partial charge on any atom is -0.396 e. The van der Waals surface area contributed by atoms with Crippen molar-refractivity contribution in [1.29, 1.82) is 0 Å². The number of rotatable bonds is 3. The van der Waals surface area contributed by atoms with Gasteiger partial charge in [-0.1, -0.05) is 30.4 Å². The minimum absolute atomic E-state index is 0.194. The molecule has 0 saturated carbocycles. The highest BCUT2D eigenvalue weighted by Gasteiger charge is 1.95. The van der Waals surface area contributed by atoms with E-state index in [1.807, 2.05) is 30.5 Å². The van der Waals surface area contributed by atoms with Gasteiger partial charge in [0, 0.05) is 24.4 Å². The van der Waals surface area contributed by atoms with Crippen molar-refractivity contribution in [3.8, 4) is 0 Å². The number of aliphatic hydroxyl groups excluding tert-OH is 1. The van der Waals surface area contributed by atoms with Gasteiger partial charge in [-0.2, -0.15) is 0 Å². The third-order valence-electron chi connectivity index (χ3n) is 2.31. The molecule has 0 amide bonds. The Bertz CT molecular complexity index is 471. The summed E-state index contributed by atoms with van der Waals surface area (Å²) in [6.07, 6.45) is 8.36. The molecule has 76 valence electrons. The zero-order chi connectivity index (χ0) is 10.5. The van der Waals surface area contributed by atoms with Crippen LogP contribution in [-0.4, -0.2) is 16.7 Å². The Morgan fingerprint density at radius 3 is 3.07 bits per heavy atom. The van der Waals surface area contributed by atoms with Gasteiger partial charge < -0.3 is 5.11 Å². The number of hydrogen-bond acceptors (Lipinski definition) is 2. The minimum atomic E-state index is 0.194. The first kappa shape index (κ1) is 9.87. The van der Waals surface area contributed by atoms with Crippen molar-refractivity contribution < 1.29 is 5.11 Å². The summed E-state index contributed by atoms with van der Waals surface area (Å²) in [6, 6.07) is 8.15. The first-order valence-corrected chi connectivity index (χ1v) is 5.02. The summed E-state index contributed by atoms with van der Waals surface area (Å²) in [6.45, 7) is 0.194. The molecule has 0 spiro atoms. The second kappa shape index (κ2) is 4.71. The molecule has 0 bridgehead atoms. The molecular weight excluding hydrogens is 186 g/mol. The van der Waals surface area contributed by atoms with E-state index in [4.69, 9.17) is 5.11 Å². The van der Waals surface area contributed by atoms with Crippen LogP contribution in [0.1, 0.15) is 12.0 Å². The highest BCUT2D eigenvalue weighted by molar-refractivity contribution is 5.89. The van der Waals surface area contributed by atoms with Gasteiger partial charge >= 0.3 is 0 Å². The van der Waals surface area contributed by atoms with Crippen molar-refractivity contribution in [2.75, 3.05) is 6.61 Å². The van der Waals surface area contributed by atoms with Crippen molar-refractivity contribution in [3.05, 3.63) is 48.3 Å². The molecule has 2 aromatic rings. The van der Waals surface area contributed by atoms with E-state index in [1.54, 1.807) is 6.20 Å². The number of nitrogens with zero attached hydrogens (tertiary/aromatic N) is 1. The van der Waals surface area contributed by atoms with Crippen molar-refractivity contribution >= 4 is 16.8 Å². The van der Waals surface area contributed by atoms with E-state index < -0.39 is 0 Å². The Labute approximate surface area is 88.9 Å². The van der Waals surface area contributed by atoms with Crippen LogP contribution >= 0.6 is 0 Å². The van der Waals surface area contributed by atoms with Crippen LogP contribution in [0.5, 0.6) is 0 Å². The van der Waals surface area contributed by atoms with Crippen LogP contribution in [0.25, 0.3) is 16.8 Å². The van der Waals surface area contributed by atoms with E-state index in [1.165, 1.54) is 5.39 Å². The van der Waals surface area contributed by atoms with Crippen LogP contribution in [0.4, 0.5) is 0 Å². The van der Waals surface area contributed by atoms with Crippen molar-refractivity contribution in [2.45, 2.75) is 6.42 Å². The molecule has 1 aromatic carbocycles. The summed E-state index contributed by atoms with van der Waals surface area (Å²) in [5.41, 5.74) is 1.15. The van der Waals surface area contributed by atoms with Crippen LogP contribution in [-0.2, 0) is 0 Å². The van der Waals surface area contributed by atoms with Crippen LogP contribution in [0, 0.1) is 0 Å². The molecule has 2 heteroatoms. The van der Waals surface area contributed by atoms with Gasteiger partial charge in [0.1, 0.15) is 0 Å². The van der Waals surface area contributed by atoms with E-state index in [0.717, 1.165) is 10.9 Å². The Morgan fingerprint density at radius 1 is 1.27 bits per heavy atom. The van der Waals surface area contributed by atoms with Crippen molar-refractivity contribution in [3.63, 3.8) is 0 Å². The van der Waals surface area contributed by atoms with Gasteiger partial charge in [-0.15, -0.1) is 0 Å². The Morgan fingerprint density at radius 2 is 2.20 bits per heavy atom. The molecule has 1 N–H and O–H groups in total. The lowest BCUT2D eigenvalue weighted by molar-refractivity contribution is 0.303. The monoisotopic (exact) mass is 199 g/mol. The van der Waals surface area contributed by atoms with E-state index >= 15 is 0 Å². The van der Waals surface area contributed by atoms with E-state index in [-0.39, 0.29) is 6.61 Å². The number of aromatic nitrogens is 1. The number of benzene rings is 1. The highest BCUT2D eigenvalue weighted by atomic mass is 16.2.